The molecule has 2 unspecified atom stereocenters. The van der Waals surface area contributed by atoms with Gasteiger partial charge in [-0.05, 0) is 35.3 Å². The standard InChI is InChI=1S/C11H14BrF3N2OS/c1-7(3-4-19(2)18)17-10-9(11(13,14)15)5-8(12)6-16-10/h5-7H,3-4H2,1-2H3,(H,16,17). The maximum absolute atomic E-state index is 12.8. The monoisotopic (exact) mass is 358 g/mol. The molecule has 19 heavy (non-hydrogen) atoms. The van der Waals surface area contributed by atoms with Crippen LogP contribution in [-0.2, 0) is 17.0 Å². The lowest BCUT2D eigenvalue weighted by Gasteiger charge is -2.18. The molecule has 1 aromatic heterocycles. The summed E-state index contributed by atoms with van der Waals surface area (Å²) in [5.74, 6) is 0.233. The third-order valence-electron chi connectivity index (χ3n) is 2.38. The van der Waals surface area contributed by atoms with Gasteiger partial charge < -0.3 is 5.32 Å². The highest BCUT2D eigenvalue weighted by Gasteiger charge is 2.34. The molecule has 0 spiro atoms. The normalized spacial score (nSPS) is 15.1. The highest BCUT2D eigenvalue weighted by molar-refractivity contribution is 9.10. The molecule has 0 aliphatic carbocycles. The van der Waals surface area contributed by atoms with E-state index in [1.165, 1.54) is 6.20 Å². The van der Waals surface area contributed by atoms with Gasteiger partial charge in [0.2, 0.25) is 0 Å². The van der Waals surface area contributed by atoms with Crippen LogP contribution < -0.4 is 5.32 Å². The molecule has 0 saturated carbocycles. The van der Waals surface area contributed by atoms with E-state index in [0.717, 1.165) is 6.07 Å². The van der Waals surface area contributed by atoms with E-state index in [1.54, 1.807) is 13.2 Å². The first-order valence-electron chi connectivity index (χ1n) is 5.49. The number of aromatic nitrogens is 1. The predicted octanol–water partition coefficient (Wildman–Crippen LogP) is 3.43. The number of rotatable bonds is 5. The topological polar surface area (TPSA) is 42.0 Å². The van der Waals surface area contributed by atoms with Gasteiger partial charge in [-0.15, -0.1) is 0 Å². The zero-order valence-corrected chi connectivity index (χ0v) is 12.8. The van der Waals surface area contributed by atoms with E-state index in [0.29, 0.717) is 12.2 Å². The van der Waals surface area contributed by atoms with Crippen molar-refractivity contribution in [3.8, 4) is 0 Å². The Morgan fingerprint density at radius 3 is 2.68 bits per heavy atom. The molecule has 0 saturated heterocycles. The minimum Gasteiger partial charge on any atom is -0.367 e. The van der Waals surface area contributed by atoms with Crippen LogP contribution in [0.25, 0.3) is 0 Å². The summed E-state index contributed by atoms with van der Waals surface area (Å²) in [4.78, 5) is 3.76. The fourth-order valence-electron chi connectivity index (χ4n) is 1.42. The molecule has 0 aliphatic heterocycles. The fourth-order valence-corrected chi connectivity index (χ4v) is 2.44. The number of nitrogens with one attached hydrogen (secondary N) is 1. The summed E-state index contributed by atoms with van der Waals surface area (Å²) in [7, 11) is -0.960. The fraction of sp³-hybridized carbons (Fsp3) is 0.545. The average Bonchev–Trinajstić information content (AvgIpc) is 2.27. The zero-order valence-electron chi connectivity index (χ0n) is 10.4. The molecule has 0 aliphatic rings. The number of pyridine rings is 1. The van der Waals surface area contributed by atoms with Crippen LogP contribution in [0.15, 0.2) is 16.7 Å². The van der Waals surface area contributed by atoms with Crippen LogP contribution in [0, 0.1) is 0 Å². The van der Waals surface area contributed by atoms with Crippen molar-refractivity contribution in [3.05, 3.63) is 22.3 Å². The van der Waals surface area contributed by atoms with Crippen LogP contribution in [0.2, 0.25) is 0 Å². The van der Waals surface area contributed by atoms with Gasteiger partial charge in [-0.1, -0.05) is 0 Å². The number of hydrogen-bond acceptors (Lipinski definition) is 3. The second-order valence-electron chi connectivity index (χ2n) is 4.16. The van der Waals surface area contributed by atoms with E-state index in [2.05, 4.69) is 26.2 Å². The Kier molecular flexibility index (Phi) is 5.79. The highest BCUT2D eigenvalue weighted by atomic mass is 79.9. The Morgan fingerprint density at radius 1 is 1.53 bits per heavy atom. The number of alkyl halides is 3. The Balaban J connectivity index is 2.86. The molecular formula is C11H14BrF3N2OS. The van der Waals surface area contributed by atoms with Gasteiger partial charge in [-0.25, -0.2) is 4.98 Å². The Morgan fingerprint density at radius 2 is 2.16 bits per heavy atom. The first-order valence-corrected chi connectivity index (χ1v) is 8.01. The quantitative estimate of drug-likeness (QED) is 0.876. The molecular weight excluding hydrogens is 345 g/mol. The van der Waals surface area contributed by atoms with Crippen molar-refractivity contribution in [2.24, 2.45) is 0 Å². The smallest absolute Gasteiger partial charge is 0.367 e. The van der Waals surface area contributed by atoms with E-state index < -0.39 is 22.5 Å². The average molecular weight is 359 g/mol. The van der Waals surface area contributed by atoms with Crippen molar-refractivity contribution in [1.29, 1.82) is 0 Å². The van der Waals surface area contributed by atoms with Gasteiger partial charge in [0.15, 0.2) is 0 Å². The second kappa shape index (κ2) is 6.69. The second-order valence-corrected chi connectivity index (χ2v) is 6.63. The van der Waals surface area contributed by atoms with Crippen LogP contribution in [0.5, 0.6) is 0 Å². The van der Waals surface area contributed by atoms with Crippen LogP contribution >= 0.6 is 15.9 Å². The summed E-state index contributed by atoms with van der Waals surface area (Å²) < 4.78 is 49.8. The molecule has 0 amide bonds. The zero-order chi connectivity index (χ0) is 14.6. The van der Waals surface area contributed by atoms with Crippen LogP contribution in [-0.4, -0.2) is 27.2 Å². The van der Waals surface area contributed by atoms with E-state index in [-0.39, 0.29) is 16.3 Å². The first kappa shape index (κ1) is 16.4. The Labute approximate surface area is 120 Å². The molecule has 1 aromatic rings. The number of nitrogens with zero attached hydrogens (tertiary/aromatic N) is 1. The summed E-state index contributed by atoms with van der Waals surface area (Å²) >= 11 is 2.97. The lowest BCUT2D eigenvalue weighted by molar-refractivity contribution is -0.137. The summed E-state index contributed by atoms with van der Waals surface area (Å²) in [6.07, 6.45) is -1.08. The Bertz CT molecular complexity index is 468. The molecule has 1 heterocycles. The first-order chi connectivity index (χ1) is 8.70. The van der Waals surface area contributed by atoms with Crippen molar-refractivity contribution >= 4 is 32.5 Å². The van der Waals surface area contributed by atoms with Gasteiger partial charge in [-0.2, -0.15) is 13.2 Å². The third-order valence-corrected chi connectivity index (χ3v) is 3.63. The number of anilines is 1. The largest absolute Gasteiger partial charge is 0.419 e. The van der Waals surface area contributed by atoms with Crippen LogP contribution in [0.4, 0.5) is 19.0 Å². The van der Waals surface area contributed by atoms with Gasteiger partial charge in [0.25, 0.3) is 0 Å². The van der Waals surface area contributed by atoms with Crippen molar-refractivity contribution in [2.45, 2.75) is 25.6 Å². The molecule has 1 rings (SSSR count). The molecule has 1 N–H and O–H groups in total. The van der Waals surface area contributed by atoms with E-state index in [1.807, 2.05) is 0 Å². The maximum atomic E-state index is 12.8. The van der Waals surface area contributed by atoms with Gasteiger partial charge in [0.1, 0.15) is 5.82 Å². The van der Waals surface area contributed by atoms with Crippen LogP contribution in [0.3, 0.4) is 0 Å². The van der Waals surface area contributed by atoms with Crippen molar-refractivity contribution in [1.82, 2.24) is 4.98 Å². The van der Waals surface area contributed by atoms with Gasteiger partial charge in [-0.3, -0.25) is 4.21 Å². The van der Waals surface area contributed by atoms with E-state index >= 15 is 0 Å². The van der Waals surface area contributed by atoms with Crippen molar-refractivity contribution in [3.63, 3.8) is 0 Å². The van der Waals surface area contributed by atoms with E-state index in [4.69, 9.17) is 0 Å². The van der Waals surface area contributed by atoms with E-state index in [9.17, 15) is 17.4 Å². The minimum absolute atomic E-state index is 0.204. The van der Waals surface area contributed by atoms with Crippen LogP contribution in [0.1, 0.15) is 18.9 Å². The molecule has 8 heteroatoms. The van der Waals surface area contributed by atoms with Crippen molar-refractivity contribution < 1.29 is 17.4 Å². The van der Waals surface area contributed by atoms with Gasteiger partial charge >= 0.3 is 6.18 Å². The molecule has 0 radical (unpaired) electrons. The Hall–Kier alpha value is -0.630. The SMILES string of the molecule is CC(CCS(C)=O)Nc1ncc(Br)cc1C(F)(F)F. The molecule has 0 aromatic carbocycles. The van der Waals surface area contributed by atoms with Crippen molar-refractivity contribution in [2.75, 3.05) is 17.3 Å². The van der Waals surface area contributed by atoms with Gasteiger partial charge in [0, 0.05) is 39.5 Å². The number of hydrogen-bond donors (Lipinski definition) is 1. The number of halogens is 4. The molecule has 0 bridgehead atoms. The lowest BCUT2D eigenvalue weighted by Crippen LogP contribution is -2.21. The highest BCUT2D eigenvalue weighted by Crippen LogP contribution is 2.35. The predicted molar refractivity (Wildman–Crippen MR) is 73.6 cm³/mol. The molecule has 2 atom stereocenters. The summed E-state index contributed by atoms with van der Waals surface area (Å²) in [5, 5.41) is 2.71. The summed E-state index contributed by atoms with van der Waals surface area (Å²) in [5.41, 5.74) is -0.814. The molecule has 108 valence electrons. The summed E-state index contributed by atoms with van der Waals surface area (Å²) in [6, 6.07) is 0.749. The molecule has 3 nitrogen and oxygen atoms in total. The van der Waals surface area contributed by atoms with Gasteiger partial charge in [0.05, 0.1) is 5.56 Å². The summed E-state index contributed by atoms with van der Waals surface area (Å²) in [6.45, 7) is 1.73. The third kappa shape index (κ3) is 5.48. The molecule has 0 fully saturated rings. The minimum atomic E-state index is -4.47. The maximum Gasteiger partial charge on any atom is 0.419 e. The lowest BCUT2D eigenvalue weighted by atomic mass is 10.2.